The van der Waals surface area contributed by atoms with Crippen LogP contribution in [-0.4, -0.2) is 58.8 Å². The fourth-order valence-corrected chi connectivity index (χ4v) is 3.92. The van der Waals surface area contributed by atoms with Crippen molar-refractivity contribution in [3.63, 3.8) is 0 Å². The van der Waals surface area contributed by atoms with Crippen LogP contribution in [0.1, 0.15) is 22.5 Å². The third-order valence-corrected chi connectivity index (χ3v) is 5.62. The number of amides is 2. The second-order valence-electron chi connectivity index (χ2n) is 7.26. The number of carbonyl (C=O) groups excluding carboxylic acids is 2. The molecule has 142 valence electrons. The highest BCUT2D eigenvalue weighted by Crippen LogP contribution is 2.28. The molecule has 2 amide bonds. The van der Waals surface area contributed by atoms with Crippen molar-refractivity contribution >= 4 is 17.5 Å². The summed E-state index contributed by atoms with van der Waals surface area (Å²) in [6.45, 7) is 3.76. The Morgan fingerprint density at radius 1 is 1.22 bits per heavy atom. The number of likely N-dealkylation sites (tertiary alicyclic amines) is 1. The van der Waals surface area contributed by atoms with Crippen LogP contribution in [0.2, 0.25) is 0 Å². The zero-order chi connectivity index (χ0) is 19.0. The third kappa shape index (κ3) is 3.35. The van der Waals surface area contributed by atoms with E-state index >= 15 is 0 Å². The summed E-state index contributed by atoms with van der Waals surface area (Å²) < 4.78 is 7.60. The number of aromatic nitrogens is 2. The summed E-state index contributed by atoms with van der Waals surface area (Å²) in [4.78, 5) is 29.2. The Kier molecular flexibility index (Phi) is 4.70. The van der Waals surface area contributed by atoms with Crippen LogP contribution < -0.4 is 4.90 Å². The van der Waals surface area contributed by atoms with Crippen molar-refractivity contribution in [2.75, 3.05) is 31.1 Å². The van der Waals surface area contributed by atoms with Gasteiger partial charge in [0.15, 0.2) is 0 Å². The molecule has 7 nitrogen and oxygen atoms in total. The van der Waals surface area contributed by atoms with E-state index in [-0.39, 0.29) is 30.4 Å². The lowest BCUT2D eigenvalue weighted by atomic mass is 9.93. The van der Waals surface area contributed by atoms with Crippen LogP contribution in [0.3, 0.4) is 0 Å². The maximum Gasteiger partial charge on any atom is 0.257 e. The smallest absolute Gasteiger partial charge is 0.257 e. The molecule has 1 aromatic carbocycles. The molecular formula is C20H24N4O3. The molecule has 2 aliphatic rings. The minimum Gasteiger partial charge on any atom is -0.368 e. The van der Waals surface area contributed by atoms with Crippen molar-refractivity contribution in [2.45, 2.75) is 19.4 Å². The zero-order valence-corrected chi connectivity index (χ0v) is 15.7. The van der Waals surface area contributed by atoms with Crippen LogP contribution in [0.5, 0.6) is 0 Å². The second kappa shape index (κ2) is 7.15. The number of piperidine rings is 1. The molecule has 2 aliphatic heterocycles. The van der Waals surface area contributed by atoms with Gasteiger partial charge >= 0.3 is 0 Å². The maximum absolute atomic E-state index is 13.0. The highest BCUT2D eigenvalue weighted by molar-refractivity contribution is 5.96. The van der Waals surface area contributed by atoms with E-state index in [0.29, 0.717) is 25.2 Å². The first kappa shape index (κ1) is 17.7. The van der Waals surface area contributed by atoms with Crippen molar-refractivity contribution in [3.05, 3.63) is 47.8 Å². The topological polar surface area (TPSA) is 67.7 Å². The number of aryl methyl sites for hydroxylation is 1. The molecule has 0 spiro atoms. The van der Waals surface area contributed by atoms with Crippen LogP contribution in [-0.2, 0) is 16.6 Å². The standard InChI is InChI=1S/C20H24N4O3/c1-14-17(10-21-22(14)2)20(26)23-9-8-18-15(11-23)12-24(19(25)13-27-18)16-6-4-3-5-7-16/h3-7,10,15,18H,8-9,11-13H2,1-2H3/t15-,18+/m1/s1. The molecule has 0 unspecified atom stereocenters. The molecule has 0 radical (unpaired) electrons. The molecule has 2 atom stereocenters. The Labute approximate surface area is 158 Å². The van der Waals surface area contributed by atoms with Gasteiger partial charge in [-0.25, -0.2) is 0 Å². The number of benzene rings is 1. The van der Waals surface area contributed by atoms with Gasteiger partial charge < -0.3 is 14.5 Å². The molecule has 0 N–H and O–H groups in total. The lowest BCUT2D eigenvalue weighted by molar-refractivity contribution is -0.124. The minimum absolute atomic E-state index is 0.000819. The molecule has 1 aromatic heterocycles. The van der Waals surface area contributed by atoms with E-state index in [9.17, 15) is 9.59 Å². The predicted octanol–water partition coefficient (Wildman–Crippen LogP) is 1.62. The van der Waals surface area contributed by atoms with E-state index in [2.05, 4.69) is 5.10 Å². The Morgan fingerprint density at radius 2 is 2.00 bits per heavy atom. The number of rotatable bonds is 2. The summed E-state index contributed by atoms with van der Waals surface area (Å²) in [5, 5.41) is 4.18. The number of hydrogen-bond donors (Lipinski definition) is 0. The summed E-state index contributed by atoms with van der Waals surface area (Å²) in [6.07, 6.45) is 2.38. The van der Waals surface area contributed by atoms with Crippen LogP contribution in [0, 0.1) is 12.8 Å². The van der Waals surface area contributed by atoms with Crippen LogP contribution in [0.25, 0.3) is 0 Å². The summed E-state index contributed by atoms with van der Waals surface area (Å²) >= 11 is 0. The number of carbonyl (C=O) groups is 2. The molecule has 3 heterocycles. The highest BCUT2D eigenvalue weighted by Gasteiger charge is 2.38. The van der Waals surface area contributed by atoms with Gasteiger partial charge in [0, 0.05) is 44.0 Å². The molecule has 2 fully saturated rings. The SMILES string of the molecule is Cc1c(C(=O)N2CC[C@@H]3OCC(=O)N(c4ccccc4)C[C@H]3C2)cnn1C. The van der Waals surface area contributed by atoms with E-state index in [1.54, 1.807) is 15.8 Å². The van der Waals surface area contributed by atoms with Gasteiger partial charge in [-0.3, -0.25) is 14.3 Å². The zero-order valence-electron chi connectivity index (χ0n) is 15.7. The molecular weight excluding hydrogens is 344 g/mol. The first-order valence-electron chi connectivity index (χ1n) is 9.29. The largest absolute Gasteiger partial charge is 0.368 e. The number of fused-ring (bicyclic) bond motifs is 1. The monoisotopic (exact) mass is 368 g/mol. The van der Waals surface area contributed by atoms with Gasteiger partial charge in [0.1, 0.15) is 6.61 Å². The van der Waals surface area contributed by atoms with Gasteiger partial charge in [0.25, 0.3) is 11.8 Å². The molecule has 0 saturated carbocycles. The molecule has 4 rings (SSSR count). The highest BCUT2D eigenvalue weighted by atomic mass is 16.5. The lowest BCUT2D eigenvalue weighted by Gasteiger charge is -2.38. The quantitative estimate of drug-likeness (QED) is 0.808. The number of nitrogens with zero attached hydrogens (tertiary/aromatic N) is 4. The Morgan fingerprint density at radius 3 is 2.70 bits per heavy atom. The van der Waals surface area contributed by atoms with E-state index in [0.717, 1.165) is 17.8 Å². The Balaban J connectivity index is 1.53. The molecule has 27 heavy (non-hydrogen) atoms. The molecule has 7 heteroatoms. The molecule has 0 aliphatic carbocycles. The van der Waals surface area contributed by atoms with Crippen LogP contribution >= 0.6 is 0 Å². The van der Waals surface area contributed by atoms with Crippen molar-refractivity contribution in [1.29, 1.82) is 0 Å². The molecule has 2 aromatic rings. The third-order valence-electron chi connectivity index (χ3n) is 5.62. The normalized spacial score (nSPS) is 23.1. The average molecular weight is 368 g/mol. The van der Waals surface area contributed by atoms with Crippen LogP contribution in [0.15, 0.2) is 36.5 Å². The Hall–Kier alpha value is -2.67. The van der Waals surface area contributed by atoms with Crippen molar-refractivity contribution in [3.8, 4) is 0 Å². The number of ether oxygens (including phenoxy) is 1. The minimum atomic E-state index is -0.0309. The van der Waals surface area contributed by atoms with Crippen molar-refractivity contribution in [1.82, 2.24) is 14.7 Å². The number of hydrogen-bond acceptors (Lipinski definition) is 4. The summed E-state index contributed by atoms with van der Waals surface area (Å²) in [7, 11) is 1.83. The van der Waals surface area contributed by atoms with Gasteiger partial charge in [-0.05, 0) is 25.5 Å². The summed E-state index contributed by atoms with van der Waals surface area (Å²) in [6, 6.07) is 9.65. The number of para-hydroxylation sites is 1. The van der Waals surface area contributed by atoms with E-state index in [4.69, 9.17) is 4.74 Å². The van der Waals surface area contributed by atoms with Gasteiger partial charge in [0.05, 0.1) is 17.9 Å². The fourth-order valence-electron chi connectivity index (χ4n) is 3.92. The molecule has 0 bridgehead atoms. The summed E-state index contributed by atoms with van der Waals surface area (Å²) in [5.74, 6) is 0.0591. The van der Waals surface area contributed by atoms with Gasteiger partial charge in [-0.1, -0.05) is 18.2 Å². The fraction of sp³-hybridized carbons (Fsp3) is 0.450. The second-order valence-corrected chi connectivity index (χ2v) is 7.26. The average Bonchev–Trinajstić information content (AvgIpc) is 2.93. The molecule has 2 saturated heterocycles. The van der Waals surface area contributed by atoms with E-state index < -0.39 is 0 Å². The Bertz CT molecular complexity index is 848. The lowest BCUT2D eigenvalue weighted by Crippen LogP contribution is -2.49. The maximum atomic E-state index is 13.0. The van der Waals surface area contributed by atoms with E-state index in [1.807, 2.05) is 49.2 Å². The van der Waals surface area contributed by atoms with Gasteiger partial charge in [0.2, 0.25) is 0 Å². The van der Waals surface area contributed by atoms with E-state index in [1.165, 1.54) is 0 Å². The first-order valence-corrected chi connectivity index (χ1v) is 9.29. The first-order chi connectivity index (χ1) is 13.0. The van der Waals surface area contributed by atoms with Crippen molar-refractivity contribution in [2.24, 2.45) is 13.0 Å². The van der Waals surface area contributed by atoms with Gasteiger partial charge in [-0.2, -0.15) is 5.10 Å². The van der Waals surface area contributed by atoms with Crippen LogP contribution in [0.4, 0.5) is 5.69 Å². The predicted molar refractivity (Wildman–Crippen MR) is 100 cm³/mol. The van der Waals surface area contributed by atoms with Crippen molar-refractivity contribution < 1.29 is 14.3 Å². The van der Waals surface area contributed by atoms with Gasteiger partial charge in [-0.15, -0.1) is 0 Å². The summed E-state index contributed by atoms with van der Waals surface area (Å²) in [5.41, 5.74) is 2.38. The number of anilines is 1.